The van der Waals surface area contributed by atoms with E-state index in [0.29, 0.717) is 0 Å². The lowest BCUT2D eigenvalue weighted by molar-refractivity contribution is -0.139. The summed E-state index contributed by atoms with van der Waals surface area (Å²) >= 11 is 1.55. The summed E-state index contributed by atoms with van der Waals surface area (Å²) in [6.45, 7) is 5.77. The summed E-state index contributed by atoms with van der Waals surface area (Å²) in [5, 5.41) is 2.85. The molecule has 5 nitrogen and oxygen atoms in total. The molecule has 0 saturated carbocycles. The Bertz CT molecular complexity index is 408. The van der Waals surface area contributed by atoms with Gasteiger partial charge in [-0.05, 0) is 6.54 Å². The van der Waals surface area contributed by atoms with E-state index >= 15 is 0 Å². The Morgan fingerprint density at radius 1 is 1.72 bits per heavy atom. The second-order valence-electron chi connectivity index (χ2n) is 4.18. The summed E-state index contributed by atoms with van der Waals surface area (Å²) in [7, 11) is 1.39. The summed E-state index contributed by atoms with van der Waals surface area (Å²) < 4.78 is 10.4. The summed E-state index contributed by atoms with van der Waals surface area (Å²) in [5.41, 5.74) is 0.763. The van der Waals surface area contributed by atoms with E-state index in [1.165, 1.54) is 7.11 Å². The normalized spacial score (nSPS) is 20.9. The molecule has 1 aliphatic heterocycles. The van der Waals surface area contributed by atoms with Gasteiger partial charge in [0.05, 0.1) is 25.8 Å². The average molecular weight is 270 g/mol. The smallest absolute Gasteiger partial charge is 0.311 e. The Balaban J connectivity index is 1.98. The van der Waals surface area contributed by atoms with E-state index in [1.807, 2.05) is 5.38 Å². The first kappa shape index (κ1) is 13.5. The highest BCUT2D eigenvalue weighted by molar-refractivity contribution is 7.09. The third-order valence-electron chi connectivity index (χ3n) is 3.00. The maximum Gasteiger partial charge on any atom is 0.311 e. The van der Waals surface area contributed by atoms with Crippen molar-refractivity contribution in [3.63, 3.8) is 0 Å². The van der Waals surface area contributed by atoms with Gasteiger partial charge in [-0.25, -0.2) is 4.98 Å². The molecule has 1 saturated heterocycles. The van der Waals surface area contributed by atoms with E-state index in [4.69, 9.17) is 4.74 Å². The van der Waals surface area contributed by atoms with E-state index in [1.54, 1.807) is 11.3 Å². The number of aromatic nitrogens is 1. The van der Waals surface area contributed by atoms with E-state index in [9.17, 15) is 4.79 Å². The van der Waals surface area contributed by atoms with Gasteiger partial charge in [-0.3, -0.25) is 9.69 Å². The quantitative estimate of drug-likeness (QED) is 0.771. The molecule has 0 radical (unpaired) electrons. The van der Waals surface area contributed by atoms with Gasteiger partial charge >= 0.3 is 5.97 Å². The zero-order chi connectivity index (χ0) is 13.0. The number of ether oxygens (including phenoxy) is 2. The highest BCUT2D eigenvalue weighted by Crippen LogP contribution is 2.25. The molecule has 0 amide bonds. The van der Waals surface area contributed by atoms with E-state index in [0.717, 1.165) is 36.9 Å². The molecule has 1 aromatic rings. The molecule has 0 bridgehead atoms. The molecule has 1 fully saturated rings. The van der Waals surface area contributed by atoms with Crippen LogP contribution in [-0.2, 0) is 20.7 Å². The maximum absolute atomic E-state index is 11.2. The molecule has 1 aliphatic rings. The van der Waals surface area contributed by atoms with Gasteiger partial charge in [0, 0.05) is 18.5 Å². The highest BCUT2D eigenvalue weighted by atomic mass is 32.1. The summed E-state index contributed by atoms with van der Waals surface area (Å²) in [5.74, 6) is -0.258. The van der Waals surface area contributed by atoms with Crippen LogP contribution in [0.1, 0.15) is 23.7 Å². The number of likely N-dealkylation sites (N-methyl/N-ethyl adjacent to an activating group) is 1. The number of morpholine rings is 1. The van der Waals surface area contributed by atoms with Gasteiger partial charge in [-0.15, -0.1) is 11.3 Å². The Labute approximate surface area is 111 Å². The van der Waals surface area contributed by atoms with Crippen LogP contribution in [-0.4, -0.2) is 49.2 Å². The Morgan fingerprint density at radius 2 is 2.56 bits per heavy atom. The average Bonchev–Trinajstić information content (AvgIpc) is 2.87. The van der Waals surface area contributed by atoms with Crippen LogP contribution in [0.15, 0.2) is 5.38 Å². The minimum atomic E-state index is -0.258. The minimum Gasteiger partial charge on any atom is -0.469 e. The summed E-state index contributed by atoms with van der Waals surface area (Å²) in [6.07, 6.45) is 0.270. The zero-order valence-electron chi connectivity index (χ0n) is 10.7. The van der Waals surface area contributed by atoms with Crippen LogP contribution in [0.2, 0.25) is 0 Å². The van der Waals surface area contributed by atoms with Gasteiger partial charge in [-0.2, -0.15) is 0 Å². The Hall–Kier alpha value is -0.980. The lowest BCUT2D eigenvalue weighted by Gasteiger charge is -2.30. The van der Waals surface area contributed by atoms with E-state index < -0.39 is 0 Å². The lowest BCUT2D eigenvalue weighted by Crippen LogP contribution is -2.38. The molecule has 2 rings (SSSR count). The number of nitrogens with zero attached hydrogens (tertiary/aromatic N) is 2. The maximum atomic E-state index is 11.2. The number of carbonyl (C=O) groups excluding carboxylic acids is 1. The Morgan fingerprint density at radius 3 is 3.28 bits per heavy atom. The first-order chi connectivity index (χ1) is 8.72. The molecular formula is C12H18N2O3S. The monoisotopic (exact) mass is 270 g/mol. The molecular weight excluding hydrogens is 252 g/mol. The van der Waals surface area contributed by atoms with Crippen LogP contribution in [0.5, 0.6) is 0 Å². The first-order valence-electron chi connectivity index (χ1n) is 6.08. The van der Waals surface area contributed by atoms with Crippen molar-refractivity contribution < 1.29 is 14.3 Å². The van der Waals surface area contributed by atoms with Gasteiger partial charge < -0.3 is 9.47 Å². The number of hydrogen-bond donors (Lipinski definition) is 0. The number of thiazole rings is 1. The van der Waals surface area contributed by atoms with Crippen LogP contribution in [0.25, 0.3) is 0 Å². The van der Waals surface area contributed by atoms with Crippen molar-refractivity contribution in [2.24, 2.45) is 0 Å². The van der Waals surface area contributed by atoms with Crippen molar-refractivity contribution in [3.05, 3.63) is 16.1 Å². The topological polar surface area (TPSA) is 51.7 Å². The second-order valence-corrected chi connectivity index (χ2v) is 5.07. The molecule has 6 heteroatoms. The molecule has 100 valence electrons. The predicted octanol–water partition coefficient (Wildman–Crippen LogP) is 1.25. The van der Waals surface area contributed by atoms with Crippen LogP contribution in [0.3, 0.4) is 0 Å². The third kappa shape index (κ3) is 3.28. The van der Waals surface area contributed by atoms with Crippen molar-refractivity contribution in [1.29, 1.82) is 0 Å². The molecule has 2 heterocycles. The molecule has 1 atom stereocenters. The first-order valence-corrected chi connectivity index (χ1v) is 6.96. The molecule has 1 aromatic heterocycles. The highest BCUT2D eigenvalue weighted by Gasteiger charge is 2.23. The number of carbonyl (C=O) groups is 1. The van der Waals surface area contributed by atoms with Gasteiger partial charge in [0.2, 0.25) is 0 Å². The molecule has 0 N–H and O–H groups in total. The van der Waals surface area contributed by atoms with Crippen LogP contribution >= 0.6 is 11.3 Å². The number of esters is 1. The molecule has 18 heavy (non-hydrogen) atoms. The fraction of sp³-hybridized carbons (Fsp3) is 0.667. The third-order valence-corrected chi connectivity index (χ3v) is 3.98. The van der Waals surface area contributed by atoms with Crippen molar-refractivity contribution in [3.8, 4) is 0 Å². The van der Waals surface area contributed by atoms with Crippen LogP contribution in [0, 0.1) is 0 Å². The lowest BCUT2D eigenvalue weighted by atomic mass is 10.3. The van der Waals surface area contributed by atoms with Crippen molar-refractivity contribution in [2.75, 3.05) is 33.4 Å². The predicted molar refractivity (Wildman–Crippen MR) is 68.6 cm³/mol. The van der Waals surface area contributed by atoms with Crippen LogP contribution < -0.4 is 0 Å². The van der Waals surface area contributed by atoms with Gasteiger partial charge in [0.25, 0.3) is 0 Å². The molecule has 0 spiro atoms. The fourth-order valence-electron chi connectivity index (χ4n) is 1.91. The number of rotatable bonds is 4. The largest absolute Gasteiger partial charge is 0.469 e. The molecule has 1 unspecified atom stereocenters. The zero-order valence-corrected chi connectivity index (χ0v) is 11.5. The Kier molecular flexibility index (Phi) is 4.68. The van der Waals surface area contributed by atoms with Crippen molar-refractivity contribution in [2.45, 2.75) is 19.4 Å². The second kappa shape index (κ2) is 6.26. The van der Waals surface area contributed by atoms with Crippen molar-refractivity contribution in [1.82, 2.24) is 9.88 Å². The number of methoxy groups -OCH3 is 1. The van der Waals surface area contributed by atoms with Crippen molar-refractivity contribution >= 4 is 17.3 Å². The summed E-state index contributed by atoms with van der Waals surface area (Å²) in [6, 6.07) is 0. The SMILES string of the molecule is CCN1CCOC(c2nc(CC(=O)OC)cs2)C1. The van der Waals surface area contributed by atoms with E-state index in [2.05, 4.69) is 21.5 Å². The minimum absolute atomic E-state index is 0.0371. The molecule has 0 aromatic carbocycles. The van der Waals surface area contributed by atoms with Gasteiger partial charge in [0.1, 0.15) is 11.1 Å². The summed E-state index contributed by atoms with van der Waals surface area (Å²) in [4.78, 5) is 18.0. The molecule has 0 aliphatic carbocycles. The standard InChI is InChI=1S/C12H18N2O3S/c1-3-14-4-5-17-10(7-14)12-13-9(8-18-12)6-11(15)16-2/h8,10H,3-7H2,1-2H3. The van der Waals surface area contributed by atoms with Crippen LogP contribution in [0.4, 0.5) is 0 Å². The van der Waals surface area contributed by atoms with E-state index in [-0.39, 0.29) is 18.5 Å². The number of hydrogen-bond acceptors (Lipinski definition) is 6. The van der Waals surface area contributed by atoms with Gasteiger partial charge in [0.15, 0.2) is 0 Å². The fourth-order valence-corrected chi connectivity index (χ4v) is 2.77. The van der Waals surface area contributed by atoms with Gasteiger partial charge in [-0.1, -0.05) is 6.92 Å².